The first-order chi connectivity index (χ1) is 27.8. The highest BCUT2D eigenvalue weighted by atomic mass is 32.1. The van der Waals surface area contributed by atoms with Crippen LogP contribution in [0, 0.1) is 62.3 Å². The maximum absolute atomic E-state index is 5.60. The van der Waals surface area contributed by atoms with Crippen LogP contribution < -0.4 is 10.7 Å². The molecule has 5 heteroatoms. The summed E-state index contributed by atoms with van der Waals surface area (Å²) >= 11 is 5.57. The Morgan fingerprint density at radius 1 is 0.397 bits per heavy atom. The highest BCUT2D eigenvalue weighted by molar-refractivity contribution is 7.81. The van der Waals surface area contributed by atoms with Crippen molar-refractivity contribution < 1.29 is 0 Å². The Bertz CT molecular complexity index is 3010. The number of hydrogen-bond donors (Lipinski definition) is 3. The summed E-state index contributed by atoms with van der Waals surface area (Å²) in [5.74, 6) is 0. The van der Waals surface area contributed by atoms with Gasteiger partial charge in [-0.25, -0.2) is 4.99 Å². The lowest BCUT2D eigenvalue weighted by Crippen LogP contribution is -2.21. The van der Waals surface area contributed by atoms with Gasteiger partial charge in [-0.3, -0.25) is 0 Å². The number of benzene rings is 3. The van der Waals surface area contributed by atoms with Crippen molar-refractivity contribution in [3.8, 4) is 0 Å². The van der Waals surface area contributed by atoms with E-state index in [0.717, 1.165) is 77.6 Å². The highest BCUT2D eigenvalue weighted by Crippen LogP contribution is 2.39. The van der Waals surface area contributed by atoms with Gasteiger partial charge in [0.1, 0.15) is 0 Å². The molecule has 6 aromatic rings. The van der Waals surface area contributed by atoms with Crippen molar-refractivity contribution in [1.82, 2.24) is 15.0 Å². The topological polar surface area (TPSA) is 59.7 Å². The molecular formula is C53H48N4S. The Labute approximate surface area is 346 Å². The van der Waals surface area contributed by atoms with Gasteiger partial charge in [0.05, 0.1) is 11.4 Å². The average Bonchev–Trinajstić information content (AvgIpc) is 3.99. The monoisotopic (exact) mass is 772 g/mol. The van der Waals surface area contributed by atoms with Crippen LogP contribution in [0.25, 0.3) is 22.3 Å². The minimum atomic E-state index is 0.812. The molecule has 0 saturated heterocycles. The van der Waals surface area contributed by atoms with E-state index in [-0.39, 0.29) is 0 Å². The summed E-state index contributed by atoms with van der Waals surface area (Å²) in [5.41, 5.74) is 26.1. The molecule has 0 spiro atoms. The van der Waals surface area contributed by atoms with Crippen molar-refractivity contribution in [2.45, 2.75) is 62.3 Å². The number of H-pyrrole nitrogens is 3. The summed E-state index contributed by atoms with van der Waals surface area (Å²) in [6, 6.07) is 27.0. The van der Waals surface area contributed by atoms with Crippen molar-refractivity contribution in [2.24, 2.45) is 4.99 Å². The van der Waals surface area contributed by atoms with Gasteiger partial charge in [-0.15, -0.1) is 0 Å². The molecule has 3 N–H and O–H groups in total. The number of aromatic amines is 3. The van der Waals surface area contributed by atoms with Gasteiger partial charge in [0, 0.05) is 60.6 Å². The van der Waals surface area contributed by atoms with Gasteiger partial charge in [0.25, 0.3) is 0 Å². The molecule has 58 heavy (non-hydrogen) atoms. The van der Waals surface area contributed by atoms with Crippen molar-refractivity contribution in [2.75, 3.05) is 0 Å². The summed E-state index contributed by atoms with van der Waals surface area (Å²) in [6.07, 6.45) is 12.7. The number of aliphatic imine (C=N–C) groups is 1. The molecule has 0 atom stereocenters. The third-order valence-corrected chi connectivity index (χ3v) is 12.0. The van der Waals surface area contributed by atoms with Crippen LogP contribution in [0.5, 0.6) is 0 Å². The van der Waals surface area contributed by atoms with Gasteiger partial charge >= 0.3 is 0 Å². The zero-order valence-corrected chi connectivity index (χ0v) is 35.6. The minimum absolute atomic E-state index is 0.812. The van der Waals surface area contributed by atoms with Crippen molar-refractivity contribution >= 4 is 45.1 Å². The Morgan fingerprint density at radius 3 is 1.28 bits per heavy atom. The molecule has 3 aromatic heterocycles. The fourth-order valence-electron chi connectivity index (χ4n) is 9.72. The molecule has 5 heterocycles. The van der Waals surface area contributed by atoms with Crippen LogP contribution in [0.4, 0.5) is 0 Å². The fourth-order valence-corrected chi connectivity index (χ4v) is 9.85. The first-order valence-electron chi connectivity index (χ1n) is 20.1. The molecule has 0 saturated carbocycles. The molecule has 0 radical (unpaired) electrons. The third-order valence-electron chi connectivity index (χ3n) is 11.8. The van der Waals surface area contributed by atoms with Crippen LogP contribution in [0.1, 0.15) is 89.5 Å². The smallest absolute Gasteiger partial charge is 0.0737 e. The summed E-state index contributed by atoms with van der Waals surface area (Å²) in [5, 5.41) is 2.06. The first-order valence-corrected chi connectivity index (χ1v) is 20.5. The number of aryl methyl sites for hydroxylation is 9. The Balaban J connectivity index is 1.46. The fraction of sp³-hybridized carbons (Fsp3) is 0.170. The number of allylic oxidation sites excluding steroid dienone is 7. The number of rotatable bonds is 3. The number of hydrogen-bond acceptors (Lipinski definition) is 2. The van der Waals surface area contributed by atoms with E-state index in [2.05, 4.69) is 174 Å². The summed E-state index contributed by atoms with van der Waals surface area (Å²) in [6.45, 7) is 19.8. The normalized spacial score (nSPS) is 18.2. The van der Waals surface area contributed by atoms with E-state index in [9.17, 15) is 0 Å². The number of nitrogens with one attached hydrogen (secondary N) is 3. The molecule has 1 aliphatic carbocycles. The Kier molecular flexibility index (Phi) is 9.17. The second-order valence-corrected chi connectivity index (χ2v) is 16.9. The Hall–Kier alpha value is -6.30. The molecule has 3 aromatic carbocycles. The van der Waals surface area contributed by atoms with E-state index in [1.165, 1.54) is 66.8 Å². The predicted octanol–water partition coefficient (Wildman–Crippen LogP) is 11.0. The molecule has 9 rings (SSSR count). The van der Waals surface area contributed by atoms with E-state index >= 15 is 0 Å². The molecular weight excluding hydrogens is 725 g/mol. The predicted molar refractivity (Wildman–Crippen MR) is 247 cm³/mol. The molecule has 0 fully saturated rings. The second-order valence-electron chi connectivity index (χ2n) is 16.4. The van der Waals surface area contributed by atoms with E-state index in [1.807, 2.05) is 12.2 Å². The second kappa shape index (κ2) is 14.3. The molecule has 3 aliphatic rings. The van der Waals surface area contributed by atoms with Crippen LogP contribution in [-0.2, 0) is 0 Å². The maximum atomic E-state index is 5.60. The van der Waals surface area contributed by atoms with Crippen molar-refractivity contribution in [1.29, 1.82) is 0 Å². The molecule has 8 bridgehead atoms. The lowest BCUT2D eigenvalue weighted by Gasteiger charge is -2.17. The quantitative estimate of drug-likeness (QED) is 0.154. The maximum Gasteiger partial charge on any atom is 0.0737 e. The van der Waals surface area contributed by atoms with Crippen LogP contribution in [0.2, 0.25) is 0 Å². The SMILES string of the molecule is Cc1cc(C)c(/C2=C3\C=CC(=N3)/C(c3c(C)cc(C)cc3C)=c3/cc/c([nH]3)=C(\c3c(C)cc(C)cc3C)c3ccc([nH]3)C(=C3C=CC(=S)C=C3)c3ccc2[nH]3)c(C)c1. The van der Waals surface area contributed by atoms with Crippen molar-refractivity contribution in [3.05, 3.63) is 221 Å². The van der Waals surface area contributed by atoms with Crippen LogP contribution >= 0.6 is 12.2 Å². The summed E-state index contributed by atoms with van der Waals surface area (Å²) in [7, 11) is 0. The highest BCUT2D eigenvalue weighted by Gasteiger charge is 2.25. The lowest BCUT2D eigenvalue weighted by molar-refractivity contribution is 1.19. The number of thiocarbonyl (C=S) groups is 1. The number of fused-ring (bicyclic) bond motifs is 7. The van der Waals surface area contributed by atoms with E-state index in [4.69, 9.17) is 17.2 Å². The first kappa shape index (κ1) is 37.3. The van der Waals surface area contributed by atoms with E-state index in [1.54, 1.807) is 0 Å². The molecule has 2 aliphatic heterocycles. The number of aromatic nitrogens is 3. The van der Waals surface area contributed by atoms with Crippen LogP contribution in [-0.4, -0.2) is 25.5 Å². The van der Waals surface area contributed by atoms with Crippen LogP contribution in [0.3, 0.4) is 0 Å². The zero-order chi connectivity index (χ0) is 40.6. The third kappa shape index (κ3) is 6.40. The largest absolute Gasteiger partial charge is 0.354 e. The lowest BCUT2D eigenvalue weighted by atomic mass is 9.90. The Morgan fingerprint density at radius 2 is 0.793 bits per heavy atom. The van der Waals surface area contributed by atoms with E-state index in [0.29, 0.717) is 0 Å². The van der Waals surface area contributed by atoms with E-state index < -0.39 is 0 Å². The van der Waals surface area contributed by atoms with Crippen LogP contribution in [0.15, 0.2) is 126 Å². The molecule has 286 valence electrons. The van der Waals surface area contributed by atoms with Gasteiger partial charge in [-0.1, -0.05) is 77.5 Å². The van der Waals surface area contributed by atoms with Gasteiger partial charge in [0.15, 0.2) is 0 Å². The standard InChI is InChI=1S/C53H48N4S/c1-28-22-31(4)47(32(5)23-28)51-41-16-14-39(54-41)50(37-10-12-38(58)13-11-37)40-15-17-42(55-40)52(48-33(6)24-29(2)25-34(48)7)44-19-21-46(57-44)53(45-20-18-43(51)56-45)49-35(8)26-30(3)27-36(49)9/h10-27,54-56H,1-9H3/b51-43+,52-44+,53-45+. The average molecular weight is 773 g/mol. The zero-order valence-electron chi connectivity index (χ0n) is 34.7. The van der Waals surface area contributed by atoms with Gasteiger partial charge in [-0.05, 0) is 179 Å². The van der Waals surface area contributed by atoms with Crippen molar-refractivity contribution in [3.63, 3.8) is 0 Å². The van der Waals surface area contributed by atoms with Gasteiger partial charge in [0.2, 0.25) is 0 Å². The molecule has 0 amide bonds. The molecule has 0 unspecified atom stereocenters. The number of nitrogens with zero attached hydrogens (tertiary/aromatic N) is 1. The minimum Gasteiger partial charge on any atom is -0.354 e. The molecule has 4 nitrogen and oxygen atoms in total. The summed E-state index contributed by atoms with van der Waals surface area (Å²) < 4.78 is 0. The van der Waals surface area contributed by atoms with Gasteiger partial charge in [-0.2, -0.15) is 0 Å². The summed E-state index contributed by atoms with van der Waals surface area (Å²) in [4.78, 5) is 18.3. The van der Waals surface area contributed by atoms with Gasteiger partial charge < -0.3 is 15.0 Å².